The maximum Gasteiger partial charge on any atom is 0.246 e. The molecule has 0 aliphatic carbocycles. The number of aliphatic hydroxyl groups is 2. The second-order valence-corrected chi connectivity index (χ2v) is 4.63. The SMILES string of the molecule is C=CCN1CC[C@@](O)(CNC(=O)COC)[C@H](O)C1. The van der Waals surface area contributed by atoms with Crippen molar-refractivity contribution in [3.05, 3.63) is 12.7 Å². The first-order valence-corrected chi connectivity index (χ1v) is 6.01. The molecule has 1 saturated heterocycles. The summed E-state index contributed by atoms with van der Waals surface area (Å²) in [5.74, 6) is -0.299. The molecule has 3 N–H and O–H groups in total. The number of piperidine rings is 1. The number of ether oxygens (including phenoxy) is 1. The number of rotatable bonds is 6. The minimum absolute atomic E-state index is 0.0400. The smallest absolute Gasteiger partial charge is 0.246 e. The van der Waals surface area contributed by atoms with Gasteiger partial charge in [0.05, 0.1) is 6.10 Å². The number of methoxy groups -OCH3 is 1. The topological polar surface area (TPSA) is 82.0 Å². The molecule has 0 aromatic rings. The molecule has 18 heavy (non-hydrogen) atoms. The summed E-state index contributed by atoms with van der Waals surface area (Å²) in [5.41, 5.74) is -1.26. The lowest BCUT2D eigenvalue weighted by molar-refractivity contribution is -0.133. The summed E-state index contributed by atoms with van der Waals surface area (Å²) in [7, 11) is 1.43. The van der Waals surface area contributed by atoms with Gasteiger partial charge < -0.3 is 20.3 Å². The van der Waals surface area contributed by atoms with E-state index in [9.17, 15) is 15.0 Å². The van der Waals surface area contributed by atoms with E-state index in [1.807, 2.05) is 4.90 Å². The third-order valence-corrected chi connectivity index (χ3v) is 3.17. The van der Waals surface area contributed by atoms with Crippen LogP contribution in [0.3, 0.4) is 0 Å². The van der Waals surface area contributed by atoms with Crippen LogP contribution < -0.4 is 5.32 Å². The highest BCUT2D eigenvalue weighted by molar-refractivity contribution is 5.77. The van der Waals surface area contributed by atoms with Crippen LogP contribution in [-0.4, -0.2) is 72.6 Å². The standard InChI is InChI=1S/C12H22N2O4/c1-3-5-14-6-4-12(17,10(15)7-14)9-13-11(16)8-18-2/h3,10,15,17H,1,4-9H2,2H3,(H,13,16)/t10-,12-/m1/s1. The molecule has 0 spiro atoms. The monoisotopic (exact) mass is 258 g/mol. The Kier molecular flexibility index (Phi) is 5.74. The fourth-order valence-corrected chi connectivity index (χ4v) is 2.01. The van der Waals surface area contributed by atoms with Crippen molar-refractivity contribution in [3.63, 3.8) is 0 Å². The van der Waals surface area contributed by atoms with Crippen molar-refractivity contribution in [2.75, 3.05) is 39.9 Å². The van der Waals surface area contributed by atoms with Crippen LogP contribution in [0.1, 0.15) is 6.42 Å². The lowest BCUT2D eigenvalue weighted by Gasteiger charge is -2.41. The predicted octanol–water partition coefficient (Wildman–Crippen LogP) is -1.27. The second-order valence-electron chi connectivity index (χ2n) is 4.63. The molecule has 0 saturated carbocycles. The van der Waals surface area contributed by atoms with E-state index in [4.69, 9.17) is 0 Å². The Hall–Kier alpha value is -0.950. The van der Waals surface area contributed by atoms with Gasteiger partial charge in [-0.3, -0.25) is 9.69 Å². The van der Waals surface area contributed by atoms with Gasteiger partial charge in [0.25, 0.3) is 0 Å². The van der Waals surface area contributed by atoms with Crippen LogP contribution in [0.4, 0.5) is 0 Å². The van der Waals surface area contributed by atoms with E-state index in [0.29, 0.717) is 26.1 Å². The number of carbonyl (C=O) groups excluding carboxylic acids is 1. The molecule has 1 aliphatic rings. The highest BCUT2D eigenvalue weighted by Gasteiger charge is 2.40. The Morgan fingerprint density at radius 1 is 1.72 bits per heavy atom. The fourth-order valence-electron chi connectivity index (χ4n) is 2.01. The van der Waals surface area contributed by atoms with E-state index >= 15 is 0 Å². The van der Waals surface area contributed by atoms with Gasteiger partial charge in [-0.05, 0) is 6.42 Å². The van der Waals surface area contributed by atoms with Crippen molar-refractivity contribution in [2.45, 2.75) is 18.1 Å². The third-order valence-electron chi connectivity index (χ3n) is 3.17. The van der Waals surface area contributed by atoms with Gasteiger partial charge in [0.15, 0.2) is 0 Å². The summed E-state index contributed by atoms with van der Waals surface area (Å²) >= 11 is 0. The number of hydrogen-bond donors (Lipinski definition) is 3. The fraction of sp³-hybridized carbons (Fsp3) is 0.750. The van der Waals surface area contributed by atoms with Crippen LogP contribution in [-0.2, 0) is 9.53 Å². The highest BCUT2D eigenvalue weighted by atomic mass is 16.5. The minimum atomic E-state index is -1.26. The average Bonchev–Trinajstić information content (AvgIpc) is 2.33. The molecule has 1 amide bonds. The van der Waals surface area contributed by atoms with Crippen molar-refractivity contribution in [2.24, 2.45) is 0 Å². The molecule has 6 nitrogen and oxygen atoms in total. The van der Waals surface area contributed by atoms with E-state index in [0.717, 1.165) is 0 Å². The molecular weight excluding hydrogens is 236 g/mol. The molecule has 0 unspecified atom stereocenters. The van der Waals surface area contributed by atoms with Crippen LogP contribution in [0.15, 0.2) is 12.7 Å². The quantitative estimate of drug-likeness (QED) is 0.518. The van der Waals surface area contributed by atoms with Crippen molar-refractivity contribution in [1.82, 2.24) is 10.2 Å². The third kappa shape index (κ3) is 4.06. The maximum atomic E-state index is 11.2. The molecule has 0 aromatic carbocycles. The number of β-amino-alcohol motifs (C(OH)–C–C–N with tert-alkyl or cyclic N) is 1. The van der Waals surface area contributed by atoms with Gasteiger partial charge in [0.1, 0.15) is 12.2 Å². The first kappa shape index (κ1) is 15.1. The number of nitrogens with zero attached hydrogens (tertiary/aromatic N) is 1. The predicted molar refractivity (Wildman–Crippen MR) is 67.1 cm³/mol. The van der Waals surface area contributed by atoms with Crippen LogP contribution >= 0.6 is 0 Å². The van der Waals surface area contributed by atoms with Crippen LogP contribution in [0.5, 0.6) is 0 Å². The van der Waals surface area contributed by atoms with Crippen molar-refractivity contribution in [3.8, 4) is 0 Å². The van der Waals surface area contributed by atoms with E-state index in [-0.39, 0.29) is 19.1 Å². The number of nitrogens with one attached hydrogen (secondary N) is 1. The highest BCUT2D eigenvalue weighted by Crippen LogP contribution is 2.22. The van der Waals surface area contributed by atoms with Gasteiger partial charge in [0.2, 0.25) is 5.91 Å². The van der Waals surface area contributed by atoms with E-state index in [2.05, 4.69) is 16.6 Å². The molecule has 6 heteroatoms. The number of hydrogen-bond acceptors (Lipinski definition) is 5. The second kappa shape index (κ2) is 6.84. The molecular formula is C12H22N2O4. The van der Waals surface area contributed by atoms with Gasteiger partial charge in [-0.2, -0.15) is 0 Å². The van der Waals surface area contributed by atoms with Crippen LogP contribution in [0.25, 0.3) is 0 Å². The number of likely N-dealkylation sites (tertiary alicyclic amines) is 1. The Morgan fingerprint density at radius 3 is 3.00 bits per heavy atom. The van der Waals surface area contributed by atoms with Crippen molar-refractivity contribution in [1.29, 1.82) is 0 Å². The number of aliphatic hydroxyl groups excluding tert-OH is 1. The molecule has 104 valence electrons. The Balaban J connectivity index is 2.44. The van der Waals surface area contributed by atoms with Crippen LogP contribution in [0, 0.1) is 0 Å². The zero-order valence-corrected chi connectivity index (χ0v) is 10.8. The molecule has 0 bridgehead atoms. The summed E-state index contributed by atoms with van der Waals surface area (Å²) < 4.78 is 4.68. The lowest BCUT2D eigenvalue weighted by atomic mass is 9.88. The lowest BCUT2D eigenvalue weighted by Crippen LogP contribution is -2.60. The Bertz CT molecular complexity index is 298. The summed E-state index contributed by atoms with van der Waals surface area (Å²) in [5, 5.41) is 22.8. The molecule has 0 radical (unpaired) electrons. The first-order valence-electron chi connectivity index (χ1n) is 6.01. The average molecular weight is 258 g/mol. The van der Waals surface area contributed by atoms with E-state index < -0.39 is 11.7 Å². The molecule has 2 atom stereocenters. The van der Waals surface area contributed by atoms with Gasteiger partial charge in [-0.15, -0.1) is 6.58 Å². The Labute approximate surface area is 107 Å². The maximum absolute atomic E-state index is 11.2. The zero-order valence-electron chi connectivity index (χ0n) is 10.8. The molecule has 1 rings (SSSR count). The summed E-state index contributed by atoms with van der Waals surface area (Å²) in [6.07, 6.45) is 1.29. The summed E-state index contributed by atoms with van der Waals surface area (Å²) in [4.78, 5) is 13.3. The normalized spacial score (nSPS) is 28.9. The largest absolute Gasteiger partial charge is 0.389 e. The Morgan fingerprint density at radius 2 is 2.44 bits per heavy atom. The molecule has 1 aliphatic heterocycles. The molecule has 0 aromatic heterocycles. The molecule has 1 heterocycles. The van der Waals surface area contributed by atoms with Gasteiger partial charge >= 0.3 is 0 Å². The van der Waals surface area contributed by atoms with Gasteiger partial charge in [-0.1, -0.05) is 6.08 Å². The zero-order chi connectivity index (χ0) is 13.6. The van der Waals surface area contributed by atoms with Crippen molar-refractivity contribution >= 4 is 5.91 Å². The molecule has 1 fully saturated rings. The number of amides is 1. The minimum Gasteiger partial charge on any atom is -0.389 e. The first-order chi connectivity index (χ1) is 8.51. The van der Waals surface area contributed by atoms with E-state index in [1.165, 1.54) is 7.11 Å². The van der Waals surface area contributed by atoms with Gasteiger partial charge in [-0.25, -0.2) is 0 Å². The summed E-state index contributed by atoms with van der Waals surface area (Å²) in [6.45, 7) is 5.36. The van der Waals surface area contributed by atoms with Crippen molar-refractivity contribution < 1.29 is 19.7 Å². The van der Waals surface area contributed by atoms with Gasteiger partial charge in [0, 0.05) is 33.3 Å². The summed E-state index contributed by atoms with van der Waals surface area (Å²) in [6, 6.07) is 0. The van der Waals surface area contributed by atoms with E-state index in [1.54, 1.807) is 6.08 Å². The number of carbonyl (C=O) groups is 1. The van der Waals surface area contributed by atoms with Crippen LogP contribution in [0.2, 0.25) is 0 Å².